The zero-order valence-corrected chi connectivity index (χ0v) is 13.8. The summed E-state index contributed by atoms with van der Waals surface area (Å²) in [4.78, 5) is 24.1. The normalized spacial score (nSPS) is 12.0. The monoisotopic (exact) mass is 365 g/mol. The molecule has 0 saturated heterocycles. The molecule has 116 valence electrons. The number of hydrogen-bond acceptors (Lipinski definition) is 4. The molecule has 0 saturated carbocycles. The highest BCUT2D eigenvalue weighted by atomic mass is 79.9. The van der Waals surface area contributed by atoms with Crippen molar-refractivity contribution in [2.45, 2.75) is 6.04 Å². The fourth-order valence-corrected chi connectivity index (χ4v) is 2.65. The number of esters is 1. The Balaban J connectivity index is 2.33. The number of amides is 1. The molecule has 0 aromatic heterocycles. The Bertz CT molecular complexity index is 702. The first-order chi connectivity index (χ1) is 10.6. The van der Waals surface area contributed by atoms with Crippen molar-refractivity contribution in [3.63, 3.8) is 0 Å². The maximum atomic E-state index is 12.5. The highest BCUT2D eigenvalue weighted by Gasteiger charge is 2.23. The van der Waals surface area contributed by atoms with Gasteiger partial charge in [-0.15, -0.1) is 0 Å². The van der Waals surface area contributed by atoms with Crippen molar-refractivity contribution in [3.05, 3.63) is 46.4 Å². The van der Waals surface area contributed by atoms with Gasteiger partial charge < -0.3 is 14.8 Å². The lowest BCUT2D eigenvalue weighted by Crippen LogP contribution is -2.44. The van der Waals surface area contributed by atoms with E-state index in [4.69, 9.17) is 4.74 Å². The van der Waals surface area contributed by atoms with Gasteiger partial charge in [-0.1, -0.05) is 40.2 Å². The highest BCUT2D eigenvalue weighted by molar-refractivity contribution is 9.10. The van der Waals surface area contributed by atoms with Gasteiger partial charge in [-0.05, 0) is 22.9 Å². The summed E-state index contributed by atoms with van der Waals surface area (Å²) in [5, 5.41) is 4.37. The van der Waals surface area contributed by atoms with E-state index in [-0.39, 0.29) is 12.5 Å². The van der Waals surface area contributed by atoms with E-state index in [0.29, 0.717) is 5.56 Å². The summed E-state index contributed by atoms with van der Waals surface area (Å²) in [5.41, 5.74) is 0.490. The highest BCUT2D eigenvalue weighted by Crippen LogP contribution is 2.26. The third-order valence-corrected chi connectivity index (χ3v) is 3.93. The molecule has 6 heteroatoms. The number of fused-ring (bicyclic) bond motifs is 1. The molecule has 2 rings (SSSR count). The number of carbonyl (C=O) groups is 2. The molecular weight excluding hydrogens is 350 g/mol. The van der Waals surface area contributed by atoms with Crippen LogP contribution in [0.25, 0.3) is 10.8 Å². The summed E-state index contributed by atoms with van der Waals surface area (Å²) < 4.78 is 10.5. The molecule has 0 spiro atoms. The second-order valence-electron chi connectivity index (χ2n) is 4.65. The van der Waals surface area contributed by atoms with Gasteiger partial charge in [-0.3, -0.25) is 4.79 Å². The lowest BCUT2D eigenvalue weighted by molar-refractivity contribution is -0.144. The molecule has 2 aromatic rings. The molecule has 0 radical (unpaired) electrons. The van der Waals surface area contributed by atoms with Crippen LogP contribution in [-0.4, -0.2) is 38.7 Å². The van der Waals surface area contributed by atoms with Crippen LogP contribution >= 0.6 is 15.9 Å². The minimum absolute atomic E-state index is 0.0485. The molecule has 0 aliphatic rings. The Kier molecular flexibility index (Phi) is 5.51. The topological polar surface area (TPSA) is 64.6 Å². The lowest BCUT2D eigenvalue weighted by atomic mass is 10.0. The molecule has 2 aromatic carbocycles. The van der Waals surface area contributed by atoms with Gasteiger partial charge in [-0.25, -0.2) is 4.79 Å². The molecule has 0 bridgehead atoms. The SMILES string of the molecule is COCC(NC(=O)c1ccc(Br)c2ccccc12)C(=O)OC. The second-order valence-corrected chi connectivity index (χ2v) is 5.50. The molecule has 1 amide bonds. The number of methoxy groups -OCH3 is 2. The van der Waals surface area contributed by atoms with Crippen molar-refractivity contribution in [1.29, 1.82) is 0 Å². The zero-order chi connectivity index (χ0) is 16.1. The molecule has 1 unspecified atom stereocenters. The Morgan fingerprint density at radius 1 is 1.14 bits per heavy atom. The maximum absolute atomic E-state index is 12.5. The summed E-state index contributed by atoms with van der Waals surface area (Å²) in [7, 11) is 2.73. The summed E-state index contributed by atoms with van der Waals surface area (Å²) in [6.07, 6.45) is 0. The molecule has 22 heavy (non-hydrogen) atoms. The molecular formula is C16H16BrNO4. The Labute approximate surface area is 136 Å². The first kappa shape index (κ1) is 16.5. The first-order valence-corrected chi connectivity index (χ1v) is 7.42. The number of ether oxygens (including phenoxy) is 2. The van der Waals surface area contributed by atoms with Crippen LogP contribution in [0.1, 0.15) is 10.4 Å². The van der Waals surface area contributed by atoms with E-state index in [2.05, 4.69) is 26.0 Å². The van der Waals surface area contributed by atoms with Crippen LogP contribution in [0.3, 0.4) is 0 Å². The third kappa shape index (κ3) is 3.45. The van der Waals surface area contributed by atoms with Gasteiger partial charge in [-0.2, -0.15) is 0 Å². The van der Waals surface area contributed by atoms with Gasteiger partial charge >= 0.3 is 5.97 Å². The van der Waals surface area contributed by atoms with Crippen molar-refractivity contribution in [1.82, 2.24) is 5.32 Å². The molecule has 0 heterocycles. The summed E-state index contributed by atoms with van der Waals surface area (Å²) in [5.74, 6) is -0.896. The Hall–Kier alpha value is -1.92. The standard InChI is InChI=1S/C16H16BrNO4/c1-21-9-14(16(20)22-2)18-15(19)12-7-8-13(17)11-6-4-3-5-10(11)12/h3-8,14H,9H2,1-2H3,(H,18,19). The van der Waals surface area contributed by atoms with Crippen molar-refractivity contribution in [2.24, 2.45) is 0 Å². The van der Waals surface area contributed by atoms with Gasteiger partial charge in [0.2, 0.25) is 0 Å². The predicted octanol–water partition coefficient (Wildman–Crippen LogP) is 2.52. The summed E-state index contributed by atoms with van der Waals surface area (Å²) in [6.45, 7) is 0.0485. The van der Waals surface area contributed by atoms with Crippen LogP contribution in [0.4, 0.5) is 0 Å². The number of rotatable bonds is 5. The van der Waals surface area contributed by atoms with E-state index in [1.807, 2.05) is 24.3 Å². The number of hydrogen-bond donors (Lipinski definition) is 1. The minimum Gasteiger partial charge on any atom is -0.467 e. The number of benzene rings is 2. The van der Waals surface area contributed by atoms with Crippen LogP contribution in [-0.2, 0) is 14.3 Å². The van der Waals surface area contributed by atoms with E-state index < -0.39 is 12.0 Å². The smallest absolute Gasteiger partial charge is 0.330 e. The van der Waals surface area contributed by atoms with Crippen LogP contribution < -0.4 is 5.32 Å². The Morgan fingerprint density at radius 2 is 1.82 bits per heavy atom. The van der Waals surface area contributed by atoms with Crippen LogP contribution in [0.2, 0.25) is 0 Å². The van der Waals surface area contributed by atoms with Crippen molar-refractivity contribution < 1.29 is 19.1 Å². The van der Waals surface area contributed by atoms with Crippen LogP contribution in [0, 0.1) is 0 Å². The van der Waals surface area contributed by atoms with Gasteiger partial charge in [0.1, 0.15) is 0 Å². The predicted molar refractivity (Wildman–Crippen MR) is 86.8 cm³/mol. The molecule has 5 nitrogen and oxygen atoms in total. The quantitative estimate of drug-likeness (QED) is 0.826. The number of carbonyl (C=O) groups excluding carboxylic acids is 2. The largest absolute Gasteiger partial charge is 0.467 e. The fourth-order valence-electron chi connectivity index (χ4n) is 2.17. The van der Waals surface area contributed by atoms with E-state index in [1.54, 1.807) is 12.1 Å². The minimum atomic E-state index is -0.843. The van der Waals surface area contributed by atoms with Gasteiger partial charge in [0.05, 0.1) is 13.7 Å². The van der Waals surface area contributed by atoms with Gasteiger partial charge in [0.25, 0.3) is 5.91 Å². The van der Waals surface area contributed by atoms with Crippen molar-refractivity contribution >= 4 is 38.6 Å². The van der Waals surface area contributed by atoms with Gasteiger partial charge in [0.15, 0.2) is 6.04 Å². The average molecular weight is 366 g/mol. The average Bonchev–Trinajstić information content (AvgIpc) is 2.54. The van der Waals surface area contributed by atoms with Crippen LogP contribution in [0.5, 0.6) is 0 Å². The molecule has 0 fully saturated rings. The summed E-state index contributed by atoms with van der Waals surface area (Å²) >= 11 is 3.46. The third-order valence-electron chi connectivity index (χ3n) is 3.24. The van der Waals surface area contributed by atoms with E-state index in [1.165, 1.54) is 14.2 Å². The Morgan fingerprint density at radius 3 is 2.45 bits per heavy atom. The van der Waals surface area contributed by atoms with E-state index in [0.717, 1.165) is 15.2 Å². The number of nitrogens with one attached hydrogen (secondary N) is 1. The second kappa shape index (κ2) is 7.38. The zero-order valence-electron chi connectivity index (χ0n) is 12.3. The molecule has 0 aliphatic carbocycles. The first-order valence-electron chi connectivity index (χ1n) is 6.63. The molecule has 1 N–H and O–H groups in total. The number of halogens is 1. The van der Waals surface area contributed by atoms with E-state index >= 15 is 0 Å². The maximum Gasteiger partial charge on any atom is 0.330 e. The van der Waals surface area contributed by atoms with Crippen LogP contribution in [0.15, 0.2) is 40.9 Å². The van der Waals surface area contributed by atoms with Crippen molar-refractivity contribution in [3.8, 4) is 0 Å². The van der Waals surface area contributed by atoms with E-state index in [9.17, 15) is 9.59 Å². The fraction of sp³-hybridized carbons (Fsp3) is 0.250. The van der Waals surface area contributed by atoms with Crippen molar-refractivity contribution in [2.75, 3.05) is 20.8 Å². The van der Waals surface area contributed by atoms with Gasteiger partial charge in [0, 0.05) is 17.1 Å². The lowest BCUT2D eigenvalue weighted by Gasteiger charge is -2.16. The summed E-state index contributed by atoms with van der Waals surface area (Å²) in [6, 6.07) is 10.2. The molecule has 0 aliphatic heterocycles. The molecule has 1 atom stereocenters.